The molecule has 4 aromatic carbocycles. The average Bonchev–Trinajstić information content (AvgIpc) is 3.26. The molecule has 2 aliphatic carbocycles. The van der Waals surface area contributed by atoms with Gasteiger partial charge in [0.1, 0.15) is 0 Å². The van der Waals surface area contributed by atoms with Crippen LogP contribution >= 0.6 is 0 Å². The summed E-state index contributed by atoms with van der Waals surface area (Å²) in [5.74, 6) is 0. The van der Waals surface area contributed by atoms with Crippen LogP contribution < -0.4 is 5.73 Å². The molecule has 0 radical (unpaired) electrons. The fraction of sp³-hybridized carbons (Fsp3) is 0.0465. The molecule has 0 saturated heterocycles. The number of allylic oxidation sites excluding steroid dienone is 7. The molecule has 222 valence electrons. The van der Waals surface area contributed by atoms with E-state index in [0.29, 0.717) is 6.42 Å². The molecule has 0 bridgehead atoms. The van der Waals surface area contributed by atoms with Gasteiger partial charge in [-0.3, -0.25) is 0 Å². The van der Waals surface area contributed by atoms with Crippen LogP contribution in [0.3, 0.4) is 0 Å². The summed E-state index contributed by atoms with van der Waals surface area (Å²) in [5, 5.41) is 11.8. The first kappa shape index (κ1) is 28.8. The lowest BCUT2D eigenvalue weighted by Gasteiger charge is -2.38. The molecule has 5 aromatic rings. The predicted octanol–water partition coefficient (Wildman–Crippen LogP) is 10.3. The minimum atomic E-state index is -0.649. The highest BCUT2D eigenvalue weighted by Gasteiger charge is 2.41. The molecule has 3 N–H and O–H groups in total. The van der Waals surface area contributed by atoms with Gasteiger partial charge in [0.25, 0.3) is 0 Å². The Balaban J connectivity index is 1.45. The largest absolute Gasteiger partial charge is 0.515 e. The van der Waals surface area contributed by atoms with Gasteiger partial charge in [0.2, 0.25) is 0 Å². The molecule has 0 amide bonds. The second kappa shape index (κ2) is 12.6. The Morgan fingerprint density at radius 1 is 0.652 bits per heavy atom. The van der Waals surface area contributed by atoms with E-state index in [9.17, 15) is 5.11 Å². The predicted molar refractivity (Wildman–Crippen MR) is 192 cm³/mol. The number of aromatic nitrogens is 1. The Morgan fingerprint density at radius 2 is 1.39 bits per heavy atom. The highest BCUT2D eigenvalue weighted by molar-refractivity contribution is 5.84. The molecule has 1 atom stereocenters. The fourth-order valence-electron chi connectivity index (χ4n) is 6.72. The smallest absolute Gasteiger partial charge is 0.0836 e. The monoisotopic (exact) mass is 594 g/mol. The standard InChI is InChI=1S/C43H34N2O/c44-29-36-19-12-26-43(37(30-46)20-8-5-13-31-14-6-9-21-39(31)43)40-28-34(24-25-38(36)40)33-17-11-18-35(27-33)42-22-4-2-1-3-15-32-16-7-10-23-41(32)45-42/h1-25,27-30,46H,26,44H2/b2-1?,3-1?,4-2?,13-5-,15-3?,20-8-,22-4?,32-15?,36-29+,37-30-,42-22?,45-41?,45-42?. The van der Waals surface area contributed by atoms with Crippen LogP contribution in [-0.2, 0) is 5.41 Å². The third-order valence-electron chi connectivity index (χ3n) is 8.94. The molecule has 1 spiro atoms. The number of rotatable bonds is 2. The van der Waals surface area contributed by atoms with Crippen molar-refractivity contribution in [3.63, 3.8) is 0 Å². The van der Waals surface area contributed by atoms with Crippen LogP contribution in [-0.4, -0.2) is 10.1 Å². The summed E-state index contributed by atoms with van der Waals surface area (Å²) in [6, 6.07) is 44.1. The van der Waals surface area contributed by atoms with E-state index in [1.54, 1.807) is 6.20 Å². The van der Waals surface area contributed by atoms with E-state index in [0.717, 1.165) is 66.7 Å². The van der Waals surface area contributed by atoms with E-state index in [1.165, 1.54) is 6.26 Å². The van der Waals surface area contributed by atoms with Gasteiger partial charge < -0.3 is 10.8 Å². The van der Waals surface area contributed by atoms with Crippen molar-refractivity contribution in [2.75, 3.05) is 0 Å². The minimum Gasteiger partial charge on any atom is -0.515 e. The van der Waals surface area contributed by atoms with E-state index in [1.807, 2.05) is 60.7 Å². The quantitative estimate of drug-likeness (QED) is 0.200. The average molecular weight is 595 g/mol. The van der Waals surface area contributed by atoms with Gasteiger partial charge in [-0.2, -0.15) is 0 Å². The Hall–Kier alpha value is -5.93. The van der Waals surface area contributed by atoms with E-state index in [-0.39, 0.29) is 0 Å². The Bertz CT molecular complexity index is 2170. The van der Waals surface area contributed by atoms with Crippen LogP contribution in [0.4, 0.5) is 0 Å². The Morgan fingerprint density at radius 3 is 2.26 bits per heavy atom. The lowest BCUT2D eigenvalue weighted by atomic mass is 9.64. The zero-order chi connectivity index (χ0) is 31.3. The van der Waals surface area contributed by atoms with E-state index >= 15 is 0 Å². The van der Waals surface area contributed by atoms with Gasteiger partial charge in [-0.05, 0) is 69.6 Å². The van der Waals surface area contributed by atoms with Gasteiger partial charge in [0, 0.05) is 22.7 Å². The highest BCUT2D eigenvalue weighted by atomic mass is 16.2. The van der Waals surface area contributed by atoms with E-state index in [4.69, 9.17) is 10.7 Å². The second-order valence-corrected chi connectivity index (χ2v) is 11.5. The third-order valence-corrected chi connectivity index (χ3v) is 8.94. The van der Waals surface area contributed by atoms with E-state index in [2.05, 4.69) is 103 Å². The van der Waals surface area contributed by atoms with Crippen molar-refractivity contribution in [2.24, 2.45) is 5.73 Å². The molecule has 0 aliphatic heterocycles. The molecule has 1 aromatic heterocycles. The second-order valence-electron chi connectivity index (χ2n) is 11.5. The molecule has 3 nitrogen and oxygen atoms in total. The van der Waals surface area contributed by atoms with Crippen molar-refractivity contribution in [1.82, 2.24) is 4.98 Å². The zero-order valence-corrected chi connectivity index (χ0v) is 25.4. The SMILES string of the molecule is N/C=C1\C=CCC2(C(=C\O)/C=C\C=C/c3ccccc32)c2cc(-c3cccc(-c4ccccccc5ccccc5n4)c3)ccc21. The molecule has 2 aliphatic rings. The summed E-state index contributed by atoms with van der Waals surface area (Å²) in [5.41, 5.74) is 16.7. The van der Waals surface area contributed by atoms with Gasteiger partial charge in [-0.15, -0.1) is 0 Å². The first-order chi connectivity index (χ1) is 22.7. The van der Waals surface area contributed by atoms with Crippen LogP contribution in [0, 0.1) is 0 Å². The number of aliphatic hydroxyl groups is 1. The summed E-state index contributed by atoms with van der Waals surface area (Å²) < 4.78 is 0. The van der Waals surface area contributed by atoms with Gasteiger partial charge in [-0.1, -0.05) is 140 Å². The third kappa shape index (κ3) is 5.22. The van der Waals surface area contributed by atoms with Crippen molar-refractivity contribution in [2.45, 2.75) is 11.8 Å². The summed E-state index contributed by atoms with van der Waals surface area (Å²) in [4.78, 5) is 5.11. The molecular weight excluding hydrogens is 560 g/mol. The topological polar surface area (TPSA) is 59.1 Å². The maximum atomic E-state index is 10.8. The zero-order valence-electron chi connectivity index (χ0n) is 25.4. The first-order valence-corrected chi connectivity index (χ1v) is 15.5. The van der Waals surface area contributed by atoms with Crippen LogP contribution in [0.2, 0.25) is 0 Å². The number of aliphatic hydroxyl groups excluding tert-OH is 1. The Kier molecular flexibility index (Phi) is 7.89. The van der Waals surface area contributed by atoms with Crippen LogP contribution in [0.15, 0.2) is 176 Å². The van der Waals surface area contributed by atoms with Crippen LogP contribution in [0.25, 0.3) is 44.9 Å². The molecule has 7 rings (SSSR count). The fourth-order valence-corrected chi connectivity index (χ4v) is 6.72. The maximum absolute atomic E-state index is 10.8. The number of nitrogens with two attached hydrogens (primary N) is 1. The summed E-state index contributed by atoms with van der Waals surface area (Å²) in [6.45, 7) is 0. The lowest BCUT2D eigenvalue weighted by Crippen LogP contribution is -2.31. The first-order valence-electron chi connectivity index (χ1n) is 15.5. The number of nitrogens with zero attached hydrogens (tertiary/aromatic N) is 1. The summed E-state index contributed by atoms with van der Waals surface area (Å²) >= 11 is 0. The van der Waals surface area contributed by atoms with Gasteiger partial charge in [0.05, 0.1) is 22.9 Å². The number of para-hydroxylation sites is 1. The lowest BCUT2D eigenvalue weighted by molar-refractivity contribution is 0.453. The van der Waals surface area contributed by atoms with Crippen molar-refractivity contribution in [3.8, 4) is 22.4 Å². The van der Waals surface area contributed by atoms with E-state index < -0.39 is 5.41 Å². The minimum absolute atomic E-state index is 0.649. The van der Waals surface area contributed by atoms with Crippen molar-refractivity contribution in [1.29, 1.82) is 0 Å². The Labute approximate surface area is 270 Å². The molecule has 3 heteroatoms. The van der Waals surface area contributed by atoms with Crippen LogP contribution in [0.1, 0.15) is 28.7 Å². The van der Waals surface area contributed by atoms with Gasteiger partial charge in [-0.25, -0.2) is 4.98 Å². The maximum Gasteiger partial charge on any atom is 0.0836 e. The molecule has 0 saturated carbocycles. The molecule has 0 fully saturated rings. The van der Waals surface area contributed by atoms with Crippen molar-refractivity contribution in [3.05, 3.63) is 198 Å². The number of benzene rings is 4. The van der Waals surface area contributed by atoms with Crippen molar-refractivity contribution >= 4 is 22.6 Å². The normalized spacial score (nSPS) is 19.8. The number of hydrogen-bond acceptors (Lipinski definition) is 3. The molecule has 1 heterocycles. The summed E-state index contributed by atoms with van der Waals surface area (Å²) in [6.07, 6.45) is 16.0. The van der Waals surface area contributed by atoms with Gasteiger partial charge >= 0.3 is 0 Å². The number of fused-ring (bicyclic) bond motifs is 5. The van der Waals surface area contributed by atoms with Crippen LogP contribution in [0.5, 0.6) is 0 Å². The van der Waals surface area contributed by atoms with Crippen molar-refractivity contribution < 1.29 is 5.11 Å². The summed E-state index contributed by atoms with van der Waals surface area (Å²) in [7, 11) is 0. The number of hydrogen-bond donors (Lipinski definition) is 2. The molecule has 46 heavy (non-hydrogen) atoms. The highest BCUT2D eigenvalue weighted by Crippen LogP contribution is 2.50. The van der Waals surface area contributed by atoms with Gasteiger partial charge in [0.15, 0.2) is 0 Å². The molecule has 1 unspecified atom stereocenters. The molecular formula is C43H34N2O.